The van der Waals surface area contributed by atoms with Crippen LogP contribution in [0, 0.1) is 0 Å². The lowest BCUT2D eigenvalue weighted by molar-refractivity contribution is -0.115. The Labute approximate surface area is 121 Å². The standard InChI is InChI=1S/C14H18BrNO3/c1-3-9-19-14(18)10-5-7-11(8-6-10)16-13(17)12(15)4-2/h5-8,12H,3-4,9H2,1-2H3,(H,16,17). The number of benzene rings is 1. The van der Waals surface area contributed by atoms with Gasteiger partial charge in [-0.3, -0.25) is 4.79 Å². The number of alkyl halides is 1. The van der Waals surface area contributed by atoms with E-state index in [4.69, 9.17) is 4.74 Å². The lowest BCUT2D eigenvalue weighted by Crippen LogP contribution is -2.21. The van der Waals surface area contributed by atoms with Crippen molar-refractivity contribution in [1.82, 2.24) is 0 Å². The Morgan fingerprint density at radius 3 is 2.42 bits per heavy atom. The van der Waals surface area contributed by atoms with Crippen molar-refractivity contribution in [3.8, 4) is 0 Å². The predicted molar refractivity (Wildman–Crippen MR) is 78.7 cm³/mol. The van der Waals surface area contributed by atoms with Crippen LogP contribution in [0.1, 0.15) is 37.0 Å². The summed E-state index contributed by atoms with van der Waals surface area (Å²) in [5.41, 5.74) is 1.15. The molecule has 5 heteroatoms. The van der Waals surface area contributed by atoms with Gasteiger partial charge in [0.1, 0.15) is 0 Å². The first-order valence-electron chi connectivity index (χ1n) is 6.30. The second kappa shape index (κ2) is 7.94. The Morgan fingerprint density at radius 2 is 1.89 bits per heavy atom. The van der Waals surface area contributed by atoms with Crippen LogP contribution in [0.15, 0.2) is 24.3 Å². The summed E-state index contributed by atoms with van der Waals surface area (Å²) in [5.74, 6) is -0.435. The number of nitrogens with one attached hydrogen (secondary N) is 1. The molecule has 1 amide bonds. The molecule has 0 fully saturated rings. The minimum absolute atomic E-state index is 0.0937. The Morgan fingerprint density at radius 1 is 1.26 bits per heavy atom. The molecule has 0 aliphatic rings. The topological polar surface area (TPSA) is 55.4 Å². The molecule has 19 heavy (non-hydrogen) atoms. The molecule has 1 aromatic carbocycles. The van der Waals surface area contributed by atoms with Crippen molar-refractivity contribution in [1.29, 1.82) is 0 Å². The number of hydrogen-bond donors (Lipinski definition) is 1. The van der Waals surface area contributed by atoms with Crippen molar-refractivity contribution in [2.75, 3.05) is 11.9 Å². The average molecular weight is 328 g/mol. The predicted octanol–water partition coefficient (Wildman–Crippen LogP) is 3.37. The fourth-order valence-electron chi connectivity index (χ4n) is 1.37. The van der Waals surface area contributed by atoms with Crippen molar-refractivity contribution in [2.45, 2.75) is 31.5 Å². The molecule has 1 aromatic rings. The molecule has 4 nitrogen and oxygen atoms in total. The smallest absolute Gasteiger partial charge is 0.338 e. The van der Waals surface area contributed by atoms with Gasteiger partial charge in [0.05, 0.1) is 17.0 Å². The van der Waals surface area contributed by atoms with Crippen molar-refractivity contribution in [3.05, 3.63) is 29.8 Å². The summed E-state index contributed by atoms with van der Waals surface area (Å²) >= 11 is 3.28. The molecule has 0 aliphatic carbocycles. The molecule has 0 heterocycles. The van der Waals surface area contributed by atoms with E-state index in [1.165, 1.54) is 0 Å². The SMILES string of the molecule is CCCOC(=O)c1ccc(NC(=O)C(Br)CC)cc1. The van der Waals surface area contributed by atoms with Crippen LogP contribution in [0.5, 0.6) is 0 Å². The summed E-state index contributed by atoms with van der Waals surface area (Å²) in [4.78, 5) is 23.0. The number of rotatable bonds is 6. The van der Waals surface area contributed by atoms with E-state index >= 15 is 0 Å². The quantitative estimate of drug-likeness (QED) is 0.643. The van der Waals surface area contributed by atoms with Crippen molar-refractivity contribution in [3.63, 3.8) is 0 Å². The maximum Gasteiger partial charge on any atom is 0.338 e. The fourth-order valence-corrected chi connectivity index (χ4v) is 1.49. The van der Waals surface area contributed by atoms with Crippen molar-refractivity contribution in [2.24, 2.45) is 0 Å². The van der Waals surface area contributed by atoms with E-state index in [0.29, 0.717) is 24.3 Å². The molecule has 104 valence electrons. The summed E-state index contributed by atoms with van der Waals surface area (Å²) < 4.78 is 5.02. The van der Waals surface area contributed by atoms with E-state index < -0.39 is 0 Å². The molecule has 0 saturated carbocycles. The van der Waals surface area contributed by atoms with Gasteiger partial charge in [-0.1, -0.05) is 29.8 Å². The van der Waals surface area contributed by atoms with E-state index in [1.807, 2.05) is 13.8 Å². The van der Waals surface area contributed by atoms with Crippen LogP contribution in [0.3, 0.4) is 0 Å². The summed E-state index contributed by atoms with van der Waals surface area (Å²) in [6.07, 6.45) is 1.51. The minimum atomic E-state index is -0.341. The molecule has 0 saturated heterocycles. The highest BCUT2D eigenvalue weighted by Crippen LogP contribution is 2.13. The van der Waals surface area contributed by atoms with Gasteiger partial charge < -0.3 is 10.1 Å². The number of carbonyl (C=O) groups excluding carboxylic acids is 2. The number of hydrogen-bond acceptors (Lipinski definition) is 3. The molecule has 0 radical (unpaired) electrons. The van der Waals surface area contributed by atoms with E-state index in [-0.39, 0.29) is 16.7 Å². The zero-order chi connectivity index (χ0) is 14.3. The molecular formula is C14H18BrNO3. The molecule has 1 atom stereocenters. The number of carbonyl (C=O) groups is 2. The van der Waals surface area contributed by atoms with Gasteiger partial charge in [0.25, 0.3) is 0 Å². The molecular weight excluding hydrogens is 310 g/mol. The Balaban J connectivity index is 2.61. The van der Waals surface area contributed by atoms with Crippen LogP contribution in [0.25, 0.3) is 0 Å². The minimum Gasteiger partial charge on any atom is -0.462 e. The number of anilines is 1. The molecule has 1 N–H and O–H groups in total. The highest BCUT2D eigenvalue weighted by atomic mass is 79.9. The third-order valence-electron chi connectivity index (χ3n) is 2.47. The van der Waals surface area contributed by atoms with E-state index in [0.717, 1.165) is 6.42 Å². The van der Waals surface area contributed by atoms with Crippen molar-refractivity contribution < 1.29 is 14.3 Å². The normalized spacial score (nSPS) is 11.7. The van der Waals surface area contributed by atoms with Crippen LogP contribution in [-0.4, -0.2) is 23.3 Å². The lowest BCUT2D eigenvalue weighted by Gasteiger charge is -2.09. The zero-order valence-corrected chi connectivity index (χ0v) is 12.7. The molecule has 0 spiro atoms. The third-order valence-corrected chi connectivity index (χ3v) is 3.53. The van der Waals surface area contributed by atoms with E-state index in [2.05, 4.69) is 21.2 Å². The lowest BCUT2D eigenvalue weighted by atomic mass is 10.2. The van der Waals surface area contributed by atoms with Gasteiger partial charge in [-0.15, -0.1) is 0 Å². The molecule has 0 aliphatic heterocycles. The fraction of sp³-hybridized carbons (Fsp3) is 0.429. The summed E-state index contributed by atoms with van der Waals surface area (Å²) in [6, 6.07) is 6.66. The highest BCUT2D eigenvalue weighted by molar-refractivity contribution is 9.10. The number of amides is 1. The van der Waals surface area contributed by atoms with E-state index in [9.17, 15) is 9.59 Å². The van der Waals surface area contributed by atoms with Gasteiger partial charge in [-0.2, -0.15) is 0 Å². The summed E-state index contributed by atoms with van der Waals surface area (Å²) in [7, 11) is 0. The average Bonchev–Trinajstić information content (AvgIpc) is 2.44. The Hall–Kier alpha value is -1.36. The highest BCUT2D eigenvalue weighted by Gasteiger charge is 2.12. The van der Waals surface area contributed by atoms with Gasteiger partial charge in [0.15, 0.2) is 0 Å². The first-order chi connectivity index (χ1) is 9.08. The van der Waals surface area contributed by atoms with Crippen LogP contribution in [0.4, 0.5) is 5.69 Å². The molecule has 0 aromatic heterocycles. The first-order valence-corrected chi connectivity index (χ1v) is 7.22. The third kappa shape index (κ3) is 5.03. The number of halogens is 1. The summed E-state index contributed by atoms with van der Waals surface area (Å²) in [5, 5.41) is 2.76. The maximum atomic E-state index is 11.7. The second-order valence-corrected chi connectivity index (χ2v) is 5.18. The Bertz CT molecular complexity index is 431. The van der Waals surface area contributed by atoms with Gasteiger partial charge in [-0.25, -0.2) is 4.79 Å². The monoisotopic (exact) mass is 327 g/mol. The maximum absolute atomic E-state index is 11.7. The number of ether oxygens (including phenoxy) is 1. The molecule has 0 bridgehead atoms. The largest absolute Gasteiger partial charge is 0.462 e. The zero-order valence-electron chi connectivity index (χ0n) is 11.1. The van der Waals surface area contributed by atoms with Crippen LogP contribution < -0.4 is 5.32 Å². The Kier molecular flexibility index (Phi) is 6.56. The first kappa shape index (κ1) is 15.7. The van der Waals surface area contributed by atoms with Gasteiger partial charge in [-0.05, 0) is 37.1 Å². The number of esters is 1. The van der Waals surface area contributed by atoms with Crippen LogP contribution in [-0.2, 0) is 9.53 Å². The molecule has 1 rings (SSSR count). The summed E-state index contributed by atoms with van der Waals surface area (Å²) in [6.45, 7) is 4.28. The van der Waals surface area contributed by atoms with Crippen LogP contribution in [0.2, 0.25) is 0 Å². The second-order valence-electron chi connectivity index (χ2n) is 4.08. The van der Waals surface area contributed by atoms with Gasteiger partial charge >= 0.3 is 5.97 Å². The van der Waals surface area contributed by atoms with Crippen LogP contribution >= 0.6 is 15.9 Å². The van der Waals surface area contributed by atoms with Crippen molar-refractivity contribution >= 4 is 33.5 Å². The van der Waals surface area contributed by atoms with Gasteiger partial charge in [0, 0.05) is 5.69 Å². The van der Waals surface area contributed by atoms with Gasteiger partial charge in [0.2, 0.25) is 5.91 Å². The molecule has 1 unspecified atom stereocenters. The van der Waals surface area contributed by atoms with E-state index in [1.54, 1.807) is 24.3 Å².